The fourth-order valence-corrected chi connectivity index (χ4v) is 10.1. The third kappa shape index (κ3) is 5.52. The van der Waals surface area contributed by atoms with Crippen molar-refractivity contribution in [3.8, 4) is 0 Å². The first-order valence-corrected chi connectivity index (χ1v) is 17.2. The number of nitrogens with zero attached hydrogens (tertiary/aromatic N) is 1. The van der Waals surface area contributed by atoms with Crippen LogP contribution in [-0.2, 0) is 11.3 Å². The number of benzene rings is 1. The molecule has 2 N–H and O–H groups in total. The summed E-state index contributed by atoms with van der Waals surface area (Å²) in [5.41, 5.74) is 2.79. The van der Waals surface area contributed by atoms with E-state index < -0.39 is 5.60 Å². The van der Waals surface area contributed by atoms with Gasteiger partial charge in [-0.25, -0.2) is 4.79 Å². The van der Waals surface area contributed by atoms with Crippen molar-refractivity contribution in [2.45, 2.75) is 123 Å². The van der Waals surface area contributed by atoms with E-state index >= 15 is 0 Å². The number of amides is 1. The molecule has 0 heterocycles. The van der Waals surface area contributed by atoms with Gasteiger partial charge in [-0.15, -0.1) is 0 Å². The summed E-state index contributed by atoms with van der Waals surface area (Å²) in [4.78, 5) is 15.9. The number of aliphatic hydroxyl groups excluding tert-OH is 1. The second-order valence-corrected chi connectivity index (χ2v) is 15.9. The SMILES string of the molecule is CC1CCC(C(C)C)C(OC(=O)N(Cc2ccccc2)CC2(O)CCC3C4=CC=C5CC(O)CCC5(C)C4CCC32C)C1. The number of ether oxygens (including phenoxy) is 1. The molecule has 1 aromatic carbocycles. The highest BCUT2D eigenvalue weighted by Gasteiger charge is 2.62. The maximum Gasteiger partial charge on any atom is 0.410 e. The molecule has 0 saturated heterocycles. The average molecular weight is 590 g/mol. The van der Waals surface area contributed by atoms with E-state index in [0.717, 1.165) is 56.9 Å². The molecule has 0 aliphatic heterocycles. The third-order valence-corrected chi connectivity index (χ3v) is 13.0. The van der Waals surface area contributed by atoms with Gasteiger partial charge < -0.3 is 19.8 Å². The Balaban J connectivity index is 1.26. The molecule has 1 amide bonds. The zero-order chi connectivity index (χ0) is 30.6. The van der Waals surface area contributed by atoms with E-state index in [-0.39, 0.29) is 29.1 Å². The minimum atomic E-state index is -0.984. The van der Waals surface area contributed by atoms with E-state index in [2.05, 4.69) is 58.9 Å². The molecule has 0 radical (unpaired) electrons. The Labute approximate surface area is 259 Å². The number of carbonyl (C=O) groups excluding carboxylic acids is 1. The monoisotopic (exact) mass is 589 g/mol. The van der Waals surface area contributed by atoms with Crippen LogP contribution in [0.25, 0.3) is 0 Å². The molecule has 0 spiro atoms. The van der Waals surface area contributed by atoms with Crippen molar-refractivity contribution >= 4 is 6.09 Å². The highest BCUT2D eigenvalue weighted by atomic mass is 16.6. The minimum absolute atomic E-state index is 0.0744. The lowest BCUT2D eigenvalue weighted by Gasteiger charge is -2.56. The van der Waals surface area contributed by atoms with Crippen LogP contribution in [0.2, 0.25) is 0 Å². The van der Waals surface area contributed by atoms with Crippen molar-refractivity contribution in [2.75, 3.05) is 6.54 Å². The molecule has 43 heavy (non-hydrogen) atoms. The summed E-state index contributed by atoms with van der Waals surface area (Å²) in [6.07, 6.45) is 13.6. The summed E-state index contributed by atoms with van der Waals surface area (Å²) >= 11 is 0. The Hall–Kier alpha value is -2.11. The first kappa shape index (κ1) is 30.9. The summed E-state index contributed by atoms with van der Waals surface area (Å²) in [6.45, 7) is 12.2. The van der Waals surface area contributed by atoms with Gasteiger partial charge >= 0.3 is 6.09 Å². The van der Waals surface area contributed by atoms with Crippen molar-refractivity contribution in [1.29, 1.82) is 0 Å². The minimum Gasteiger partial charge on any atom is -0.446 e. The van der Waals surface area contributed by atoms with Gasteiger partial charge in [-0.3, -0.25) is 0 Å². The van der Waals surface area contributed by atoms with Crippen LogP contribution in [0, 0.1) is 40.4 Å². The van der Waals surface area contributed by atoms with Crippen LogP contribution in [0.1, 0.15) is 104 Å². The summed E-state index contributed by atoms with van der Waals surface area (Å²) in [5, 5.41) is 23.0. The zero-order valence-electron chi connectivity index (χ0n) is 27.2. The molecule has 0 bridgehead atoms. The van der Waals surface area contributed by atoms with Crippen LogP contribution in [-0.4, -0.2) is 45.6 Å². The fraction of sp³-hybridized carbons (Fsp3) is 0.711. The topological polar surface area (TPSA) is 70.0 Å². The quantitative estimate of drug-likeness (QED) is 0.352. The van der Waals surface area contributed by atoms with E-state index in [9.17, 15) is 15.0 Å². The Morgan fingerprint density at radius 1 is 1.00 bits per heavy atom. The zero-order valence-corrected chi connectivity index (χ0v) is 27.2. The molecule has 236 valence electrons. The van der Waals surface area contributed by atoms with Crippen LogP contribution < -0.4 is 0 Å². The van der Waals surface area contributed by atoms with Crippen LogP contribution in [0.3, 0.4) is 0 Å². The van der Waals surface area contributed by atoms with E-state index in [1.54, 1.807) is 0 Å². The summed E-state index contributed by atoms with van der Waals surface area (Å²) < 4.78 is 6.40. The molecule has 0 aromatic heterocycles. The lowest BCUT2D eigenvalue weighted by Crippen LogP contribution is -2.57. The second-order valence-electron chi connectivity index (χ2n) is 15.9. The number of allylic oxidation sites excluding steroid dienone is 3. The van der Waals surface area contributed by atoms with Crippen LogP contribution in [0.5, 0.6) is 0 Å². The number of aliphatic hydroxyl groups is 2. The predicted octanol–water partition coefficient (Wildman–Crippen LogP) is 8.06. The van der Waals surface area contributed by atoms with Gasteiger partial charge in [0.2, 0.25) is 0 Å². The number of carbonyl (C=O) groups is 1. The average Bonchev–Trinajstić information content (AvgIpc) is 3.23. The molecule has 4 fully saturated rings. The molecule has 9 unspecified atom stereocenters. The van der Waals surface area contributed by atoms with E-state index in [0.29, 0.717) is 49.1 Å². The maximum atomic E-state index is 14.1. The van der Waals surface area contributed by atoms with Crippen LogP contribution in [0.4, 0.5) is 4.79 Å². The first-order valence-electron chi connectivity index (χ1n) is 17.2. The second kappa shape index (κ2) is 11.7. The number of rotatable bonds is 6. The highest BCUT2D eigenvalue weighted by molar-refractivity contribution is 5.68. The van der Waals surface area contributed by atoms with Gasteiger partial charge in [0.05, 0.1) is 18.2 Å². The van der Waals surface area contributed by atoms with E-state index in [1.165, 1.54) is 17.6 Å². The summed E-state index contributed by atoms with van der Waals surface area (Å²) in [6, 6.07) is 10.2. The predicted molar refractivity (Wildman–Crippen MR) is 171 cm³/mol. The van der Waals surface area contributed by atoms with E-state index in [1.807, 2.05) is 23.1 Å². The molecular weight excluding hydrogens is 534 g/mol. The smallest absolute Gasteiger partial charge is 0.410 e. The van der Waals surface area contributed by atoms with Crippen molar-refractivity contribution in [2.24, 2.45) is 40.4 Å². The Morgan fingerprint density at radius 3 is 2.49 bits per heavy atom. The van der Waals surface area contributed by atoms with Gasteiger partial charge in [0.1, 0.15) is 6.10 Å². The maximum absolute atomic E-state index is 14.1. The molecule has 1 aromatic rings. The summed E-state index contributed by atoms with van der Waals surface area (Å²) in [5.74, 6) is 2.18. The standard InChI is InChI=1S/C38H55NO4/c1-25(2)30-13-11-26(3)21-34(30)43-35(41)39(23-27-9-7-6-8-10-27)24-38(42)20-17-33-31-14-12-28-22-29(40)15-18-36(28,4)32(31)16-19-37(33,38)5/h6-10,12,14,25-26,29-30,32-34,40,42H,11,13,15-24H2,1-5H3. The number of hydrogen-bond acceptors (Lipinski definition) is 4. The van der Waals surface area contributed by atoms with Crippen molar-refractivity contribution in [1.82, 2.24) is 4.90 Å². The van der Waals surface area contributed by atoms with Gasteiger partial charge in [0.15, 0.2) is 0 Å². The molecule has 4 saturated carbocycles. The highest BCUT2D eigenvalue weighted by Crippen LogP contribution is 2.66. The fourth-order valence-electron chi connectivity index (χ4n) is 10.1. The molecule has 9 atom stereocenters. The van der Waals surface area contributed by atoms with E-state index in [4.69, 9.17) is 4.74 Å². The molecule has 5 heteroatoms. The Morgan fingerprint density at radius 2 is 1.74 bits per heavy atom. The van der Waals surface area contributed by atoms with Gasteiger partial charge in [-0.05, 0) is 98.4 Å². The molecule has 5 aliphatic carbocycles. The first-order chi connectivity index (χ1) is 20.4. The largest absolute Gasteiger partial charge is 0.446 e. The number of hydrogen-bond donors (Lipinski definition) is 2. The Kier molecular flexibility index (Phi) is 8.39. The van der Waals surface area contributed by atoms with Gasteiger partial charge in [0, 0.05) is 12.0 Å². The third-order valence-electron chi connectivity index (χ3n) is 13.0. The van der Waals surface area contributed by atoms with Gasteiger partial charge in [0.25, 0.3) is 0 Å². The lowest BCUT2D eigenvalue weighted by atomic mass is 9.50. The molecule has 6 rings (SSSR count). The number of fused-ring (bicyclic) bond motifs is 5. The van der Waals surface area contributed by atoms with Crippen LogP contribution in [0.15, 0.2) is 53.6 Å². The van der Waals surface area contributed by atoms with Gasteiger partial charge in [-0.2, -0.15) is 0 Å². The van der Waals surface area contributed by atoms with Crippen molar-refractivity contribution in [3.05, 3.63) is 59.2 Å². The molecule has 5 nitrogen and oxygen atoms in total. The normalized spacial score (nSPS) is 40.6. The molecular formula is C38H55NO4. The lowest BCUT2D eigenvalue weighted by molar-refractivity contribution is -0.104. The van der Waals surface area contributed by atoms with Gasteiger partial charge in [-0.1, -0.05) is 94.7 Å². The molecule has 5 aliphatic rings. The van der Waals surface area contributed by atoms with Crippen molar-refractivity contribution in [3.63, 3.8) is 0 Å². The van der Waals surface area contributed by atoms with Crippen molar-refractivity contribution < 1.29 is 19.7 Å². The summed E-state index contributed by atoms with van der Waals surface area (Å²) in [7, 11) is 0. The van der Waals surface area contributed by atoms with Crippen LogP contribution >= 0.6 is 0 Å². The Bertz CT molecular complexity index is 1240.